The van der Waals surface area contributed by atoms with Gasteiger partial charge in [-0.25, -0.2) is 4.98 Å². The molecule has 1 aliphatic rings. The van der Waals surface area contributed by atoms with Gasteiger partial charge in [0, 0.05) is 25.6 Å². The molecule has 1 saturated heterocycles. The quantitative estimate of drug-likeness (QED) is 0.790. The first-order valence-electron chi connectivity index (χ1n) is 5.96. The summed E-state index contributed by atoms with van der Waals surface area (Å²) in [4.78, 5) is 20.2. The molecule has 1 unspecified atom stereocenters. The van der Waals surface area contributed by atoms with Crippen LogP contribution in [0.25, 0.3) is 0 Å². The van der Waals surface area contributed by atoms with E-state index in [1.54, 1.807) is 13.1 Å². The number of amides is 1. The minimum atomic E-state index is -0.476. The molecule has 1 aromatic heterocycles. The predicted octanol–water partition coefficient (Wildman–Crippen LogP) is 0.0563. The van der Waals surface area contributed by atoms with Gasteiger partial charge in [0.15, 0.2) is 0 Å². The molecule has 0 aromatic carbocycles. The smallest absolute Gasteiger partial charge is 0.272 e. The number of aliphatic hydroxyl groups is 1. The summed E-state index contributed by atoms with van der Waals surface area (Å²) in [6.45, 7) is 2.78. The molecule has 1 aliphatic heterocycles. The van der Waals surface area contributed by atoms with Gasteiger partial charge in [0.25, 0.3) is 5.91 Å². The van der Waals surface area contributed by atoms with E-state index >= 15 is 0 Å². The van der Waals surface area contributed by atoms with Crippen LogP contribution in [0.5, 0.6) is 0 Å². The van der Waals surface area contributed by atoms with Crippen LogP contribution >= 0.6 is 0 Å². The first-order chi connectivity index (χ1) is 8.67. The zero-order valence-electron chi connectivity index (χ0n) is 10.3. The summed E-state index contributed by atoms with van der Waals surface area (Å²) in [6, 6.07) is 0. The molecule has 18 heavy (non-hydrogen) atoms. The summed E-state index contributed by atoms with van der Waals surface area (Å²) in [5, 5.41) is 12.0. The monoisotopic (exact) mass is 251 g/mol. The van der Waals surface area contributed by atoms with Gasteiger partial charge in [0.2, 0.25) is 0 Å². The summed E-state index contributed by atoms with van der Waals surface area (Å²) >= 11 is 0. The Morgan fingerprint density at radius 3 is 2.94 bits per heavy atom. The van der Waals surface area contributed by atoms with Crippen LogP contribution in [0.3, 0.4) is 0 Å². The lowest BCUT2D eigenvalue weighted by Crippen LogP contribution is -2.50. The number of carbonyl (C=O) groups is 1. The first-order valence-corrected chi connectivity index (χ1v) is 5.96. The fraction of sp³-hybridized carbons (Fsp3) is 0.583. The summed E-state index contributed by atoms with van der Waals surface area (Å²) in [5.41, 5.74) is 0.435. The molecule has 0 radical (unpaired) electrons. The summed E-state index contributed by atoms with van der Waals surface area (Å²) in [7, 11) is 0. The van der Waals surface area contributed by atoms with Crippen molar-refractivity contribution in [3.63, 3.8) is 0 Å². The largest absolute Gasteiger partial charge is 0.396 e. The van der Waals surface area contributed by atoms with Crippen LogP contribution in [0.4, 0.5) is 0 Å². The normalized spacial score (nSPS) is 23.0. The van der Waals surface area contributed by atoms with E-state index < -0.39 is 5.54 Å². The maximum absolute atomic E-state index is 12.2. The van der Waals surface area contributed by atoms with Gasteiger partial charge < -0.3 is 15.2 Å². The van der Waals surface area contributed by atoms with Crippen molar-refractivity contribution in [2.75, 3.05) is 19.8 Å². The van der Waals surface area contributed by atoms with Gasteiger partial charge in [0.1, 0.15) is 5.69 Å². The van der Waals surface area contributed by atoms with Crippen molar-refractivity contribution in [2.45, 2.75) is 25.3 Å². The molecule has 2 rings (SSSR count). The number of ether oxygens (including phenoxy) is 1. The highest BCUT2D eigenvalue weighted by atomic mass is 16.5. The van der Waals surface area contributed by atoms with E-state index in [0.717, 1.165) is 0 Å². The van der Waals surface area contributed by atoms with Crippen LogP contribution in [0.15, 0.2) is 12.4 Å². The SMILES string of the molecule is Cc1nccnc1C(=O)NC1(CCO)CCOC1. The second kappa shape index (κ2) is 5.41. The Labute approximate surface area is 105 Å². The van der Waals surface area contributed by atoms with Crippen molar-refractivity contribution in [2.24, 2.45) is 0 Å². The molecule has 1 atom stereocenters. The van der Waals surface area contributed by atoms with Crippen LogP contribution < -0.4 is 5.32 Å². The van der Waals surface area contributed by atoms with Gasteiger partial charge in [-0.15, -0.1) is 0 Å². The molecule has 2 heterocycles. The molecule has 6 heteroatoms. The number of carbonyl (C=O) groups excluding carboxylic acids is 1. The van der Waals surface area contributed by atoms with Crippen LogP contribution in [0.2, 0.25) is 0 Å². The van der Waals surface area contributed by atoms with Gasteiger partial charge in [-0.1, -0.05) is 0 Å². The van der Waals surface area contributed by atoms with Crippen molar-refractivity contribution in [1.29, 1.82) is 0 Å². The van der Waals surface area contributed by atoms with E-state index in [0.29, 0.717) is 37.4 Å². The van der Waals surface area contributed by atoms with Gasteiger partial charge in [-0.2, -0.15) is 0 Å². The zero-order valence-corrected chi connectivity index (χ0v) is 10.3. The van der Waals surface area contributed by atoms with Crippen molar-refractivity contribution in [3.8, 4) is 0 Å². The third-order valence-corrected chi connectivity index (χ3v) is 3.17. The topological polar surface area (TPSA) is 84.3 Å². The highest BCUT2D eigenvalue weighted by Gasteiger charge is 2.36. The second-order valence-corrected chi connectivity index (χ2v) is 4.50. The molecule has 1 fully saturated rings. The zero-order chi connectivity index (χ0) is 13.0. The Morgan fingerprint density at radius 2 is 2.33 bits per heavy atom. The number of nitrogens with one attached hydrogen (secondary N) is 1. The fourth-order valence-electron chi connectivity index (χ4n) is 2.11. The summed E-state index contributed by atoms with van der Waals surface area (Å²) in [5.74, 6) is -0.264. The molecule has 98 valence electrons. The number of aliphatic hydroxyl groups excluding tert-OH is 1. The molecule has 1 aromatic rings. The Morgan fingerprint density at radius 1 is 1.56 bits per heavy atom. The lowest BCUT2D eigenvalue weighted by molar-refractivity contribution is 0.0844. The number of aromatic nitrogens is 2. The minimum absolute atomic E-state index is 0.0170. The van der Waals surface area contributed by atoms with E-state index in [1.165, 1.54) is 6.20 Å². The Balaban J connectivity index is 2.13. The molecule has 2 N–H and O–H groups in total. The van der Waals surface area contributed by atoms with Gasteiger partial charge in [0.05, 0.1) is 17.8 Å². The second-order valence-electron chi connectivity index (χ2n) is 4.50. The number of hydrogen-bond donors (Lipinski definition) is 2. The molecule has 1 amide bonds. The molecule has 0 aliphatic carbocycles. The van der Waals surface area contributed by atoms with E-state index in [9.17, 15) is 4.79 Å². The lowest BCUT2D eigenvalue weighted by atomic mass is 9.94. The third kappa shape index (κ3) is 2.65. The standard InChI is InChI=1S/C12H17N3O3/c1-9-10(14-5-4-13-9)11(17)15-12(2-6-16)3-7-18-8-12/h4-5,16H,2-3,6-8H2,1H3,(H,15,17). The molecule has 0 bridgehead atoms. The number of hydrogen-bond acceptors (Lipinski definition) is 5. The highest BCUT2D eigenvalue weighted by molar-refractivity contribution is 5.93. The molecular weight excluding hydrogens is 234 g/mol. The van der Waals surface area contributed by atoms with Crippen molar-refractivity contribution in [1.82, 2.24) is 15.3 Å². The summed E-state index contributed by atoms with van der Waals surface area (Å²) in [6.07, 6.45) is 4.23. The van der Waals surface area contributed by atoms with Crippen LogP contribution in [-0.4, -0.2) is 46.3 Å². The van der Waals surface area contributed by atoms with Gasteiger partial charge in [-0.05, 0) is 19.8 Å². The van der Waals surface area contributed by atoms with E-state index in [-0.39, 0.29) is 12.5 Å². The molecular formula is C12H17N3O3. The number of nitrogens with zero attached hydrogens (tertiary/aromatic N) is 2. The van der Waals surface area contributed by atoms with Crippen molar-refractivity contribution in [3.05, 3.63) is 23.8 Å². The Bertz CT molecular complexity index is 430. The average Bonchev–Trinajstić information content (AvgIpc) is 2.78. The molecule has 6 nitrogen and oxygen atoms in total. The van der Waals surface area contributed by atoms with Crippen LogP contribution in [-0.2, 0) is 4.74 Å². The Hall–Kier alpha value is -1.53. The van der Waals surface area contributed by atoms with E-state index in [2.05, 4.69) is 15.3 Å². The maximum atomic E-state index is 12.2. The predicted molar refractivity (Wildman–Crippen MR) is 64.1 cm³/mol. The van der Waals surface area contributed by atoms with Gasteiger partial charge >= 0.3 is 0 Å². The minimum Gasteiger partial charge on any atom is -0.396 e. The lowest BCUT2D eigenvalue weighted by Gasteiger charge is -2.27. The van der Waals surface area contributed by atoms with Crippen molar-refractivity contribution >= 4 is 5.91 Å². The van der Waals surface area contributed by atoms with E-state index in [1.807, 2.05) is 0 Å². The van der Waals surface area contributed by atoms with Crippen molar-refractivity contribution < 1.29 is 14.6 Å². The van der Waals surface area contributed by atoms with Crippen LogP contribution in [0.1, 0.15) is 29.0 Å². The number of aryl methyl sites for hydroxylation is 1. The summed E-state index contributed by atoms with van der Waals surface area (Å²) < 4.78 is 5.32. The Kier molecular flexibility index (Phi) is 3.88. The van der Waals surface area contributed by atoms with E-state index in [4.69, 9.17) is 9.84 Å². The first kappa shape index (κ1) is 12.9. The van der Waals surface area contributed by atoms with Gasteiger partial charge in [-0.3, -0.25) is 9.78 Å². The maximum Gasteiger partial charge on any atom is 0.272 e. The van der Waals surface area contributed by atoms with Crippen LogP contribution in [0, 0.1) is 6.92 Å². The highest BCUT2D eigenvalue weighted by Crippen LogP contribution is 2.22. The number of rotatable bonds is 4. The third-order valence-electron chi connectivity index (χ3n) is 3.17. The molecule has 0 saturated carbocycles. The molecule has 0 spiro atoms. The fourth-order valence-corrected chi connectivity index (χ4v) is 2.11. The average molecular weight is 251 g/mol.